The molecule has 3 aromatic carbocycles. The summed E-state index contributed by atoms with van der Waals surface area (Å²) in [6.07, 6.45) is 0. The van der Waals surface area contributed by atoms with Gasteiger partial charge >= 0.3 is 0 Å². The Morgan fingerprint density at radius 1 is 0.655 bits per heavy atom. The second-order valence-electron chi connectivity index (χ2n) is 6.83. The molecule has 2 nitrogen and oxygen atoms in total. The lowest BCUT2D eigenvalue weighted by molar-refractivity contribution is 0.891. The lowest BCUT2D eigenvalue weighted by atomic mass is 10.0. The van der Waals surface area contributed by atoms with Crippen molar-refractivity contribution in [2.75, 3.05) is 0 Å². The molecule has 4 rings (SSSR count). The van der Waals surface area contributed by atoms with Crippen molar-refractivity contribution in [1.29, 1.82) is 0 Å². The van der Waals surface area contributed by atoms with Crippen LogP contribution in [0, 0.1) is 13.8 Å². The van der Waals surface area contributed by atoms with Gasteiger partial charge in [-0.25, -0.2) is 4.68 Å². The molecular weight excluding hydrogens is 446 g/mol. The summed E-state index contributed by atoms with van der Waals surface area (Å²) >= 11 is 24.8. The number of aromatic nitrogens is 2. The third-order valence-corrected chi connectivity index (χ3v) is 6.26. The molecule has 1 heterocycles. The highest BCUT2D eigenvalue weighted by Gasteiger charge is 2.20. The number of aryl methyl sites for hydroxylation is 1. The number of benzene rings is 3. The topological polar surface area (TPSA) is 17.8 Å². The standard InChI is InChI=1S/C23H16Cl4N2/c1-13-3-7-17(8-4-13)29-23(16-6-10-19(25)21(27)12-16)14(2)22(28-29)15-5-9-18(24)20(26)11-15/h3-12H,1-2H3. The van der Waals surface area contributed by atoms with E-state index in [4.69, 9.17) is 51.5 Å². The van der Waals surface area contributed by atoms with E-state index in [-0.39, 0.29) is 0 Å². The van der Waals surface area contributed by atoms with Crippen molar-refractivity contribution in [1.82, 2.24) is 9.78 Å². The maximum Gasteiger partial charge on any atom is 0.0963 e. The van der Waals surface area contributed by atoms with Gasteiger partial charge in [0.05, 0.1) is 37.2 Å². The minimum absolute atomic E-state index is 0.490. The van der Waals surface area contributed by atoms with Gasteiger partial charge in [-0.2, -0.15) is 5.10 Å². The second kappa shape index (κ2) is 8.04. The molecule has 0 unspecified atom stereocenters. The van der Waals surface area contributed by atoms with Crippen LogP contribution in [0.3, 0.4) is 0 Å². The third-order valence-electron chi connectivity index (χ3n) is 4.79. The van der Waals surface area contributed by atoms with Gasteiger partial charge in [0, 0.05) is 16.7 Å². The van der Waals surface area contributed by atoms with Crippen LogP contribution < -0.4 is 0 Å². The molecule has 146 valence electrons. The zero-order valence-electron chi connectivity index (χ0n) is 15.7. The first-order valence-electron chi connectivity index (χ1n) is 8.92. The summed E-state index contributed by atoms with van der Waals surface area (Å²) in [6.45, 7) is 4.09. The van der Waals surface area contributed by atoms with Crippen LogP contribution in [0.2, 0.25) is 20.1 Å². The quantitative estimate of drug-likeness (QED) is 0.299. The maximum absolute atomic E-state index is 6.30. The van der Waals surface area contributed by atoms with Crippen molar-refractivity contribution in [3.8, 4) is 28.2 Å². The molecule has 0 amide bonds. The van der Waals surface area contributed by atoms with Gasteiger partial charge in [0.2, 0.25) is 0 Å². The van der Waals surface area contributed by atoms with Crippen LogP contribution in [0.25, 0.3) is 28.2 Å². The zero-order valence-corrected chi connectivity index (χ0v) is 18.7. The Morgan fingerprint density at radius 3 is 1.79 bits per heavy atom. The monoisotopic (exact) mass is 460 g/mol. The fourth-order valence-electron chi connectivity index (χ4n) is 3.27. The van der Waals surface area contributed by atoms with E-state index in [9.17, 15) is 0 Å². The summed E-state index contributed by atoms with van der Waals surface area (Å²) < 4.78 is 1.92. The highest BCUT2D eigenvalue weighted by Crippen LogP contribution is 2.37. The van der Waals surface area contributed by atoms with E-state index in [2.05, 4.69) is 19.1 Å². The van der Waals surface area contributed by atoms with Crippen molar-refractivity contribution < 1.29 is 0 Å². The Labute approximate surface area is 189 Å². The van der Waals surface area contributed by atoms with Crippen LogP contribution in [0.4, 0.5) is 0 Å². The number of hydrogen-bond acceptors (Lipinski definition) is 1. The largest absolute Gasteiger partial charge is 0.232 e. The van der Waals surface area contributed by atoms with Gasteiger partial charge in [-0.15, -0.1) is 0 Å². The Morgan fingerprint density at radius 2 is 1.21 bits per heavy atom. The third kappa shape index (κ3) is 3.91. The molecule has 0 radical (unpaired) electrons. The predicted octanol–water partition coefficient (Wildman–Crippen LogP) is 8.44. The molecule has 4 aromatic rings. The van der Waals surface area contributed by atoms with E-state index in [1.807, 2.05) is 48.0 Å². The Hall–Kier alpha value is -1.97. The van der Waals surface area contributed by atoms with Crippen LogP contribution >= 0.6 is 46.4 Å². The van der Waals surface area contributed by atoms with E-state index in [0.29, 0.717) is 20.1 Å². The molecule has 0 aliphatic carbocycles. The summed E-state index contributed by atoms with van der Waals surface area (Å²) in [7, 11) is 0. The summed E-state index contributed by atoms with van der Waals surface area (Å²) in [5.41, 5.74) is 6.71. The molecule has 0 aliphatic heterocycles. The smallest absolute Gasteiger partial charge is 0.0963 e. The molecule has 0 spiro atoms. The van der Waals surface area contributed by atoms with E-state index in [0.717, 1.165) is 33.8 Å². The summed E-state index contributed by atoms with van der Waals surface area (Å²) in [5.74, 6) is 0. The maximum atomic E-state index is 6.30. The number of halogens is 4. The Balaban J connectivity index is 1.98. The molecular formula is C23H16Cl4N2. The molecule has 0 bridgehead atoms. The van der Waals surface area contributed by atoms with Gasteiger partial charge in [-0.05, 0) is 50.2 Å². The van der Waals surface area contributed by atoms with Gasteiger partial charge in [0.1, 0.15) is 0 Å². The fraction of sp³-hybridized carbons (Fsp3) is 0.0870. The fourth-order valence-corrected chi connectivity index (χ4v) is 3.86. The van der Waals surface area contributed by atoms with Gasteiger partial charge in [0.15, 0.2) is 0 Å². The number of rotatable bonds is 3. The highest BCUT2D eigenvalue weighted by atomic mass is 35.5. The van der Waals surface area contributed by atoms with Crippen molar-refractivity contribution in [3.63, 3.8) is 0 Å². The van der Waals surface area contributed by atoms with E-state index < -0.39 is 0 Å². The van der Waals surface area contributed by atoms with Crippen LogP contribution in [0.1, 0.15) is 11.1 Å². The van der Waals surface area contributed by atoms with Crippen molar-refractivity contribution >= 4 is 46.4 Å². The molecule has 1 aromatic heterocycles. The SMILES string of the molecule is Cc1ccc(-n2nc(-c3ccc(Cl)c(Cl)c3)c(C)c2-c2ccc(Cl)c(Cl)c2)cc1. The molecule has 0 N–H and O–H groups in total. The normalized spacial score (nSPS) is 11.1. The molecule has 0 fully saturated rings. The van der Waals surface area contributed by atoms with Crippen molar-refractivity contribution in [3.05, 3.63) is 91.9 Å². The first kappa shape index (κ1) is 20.3. The Kier molecular flexibility index (Phi) is 5.63. The minimum Gasteiger partial charge on any atom is -0.232 e. The van der Waals surface area contributed by atoms with Crippen LogP contribution in [0.15, 0.2) is 60.7 Å². The molecule has 0 atom stereocenters. The summed E-state index contributed by atoms with van der Waals surface area (Å²) in [5, 5.41) is 6.93. The molecule has 0 aliphatic rings. The van der Waals surface area contributed by atoms with Gasteiger partial charge in [0.25, 0.3) is 0 Å². The van der Waals surface area contributed by atoms with Crippen molar-refractivity contribution in [2.45, 2.75) is 13.8 Å². The molecule has 29 heavy (non-hydrogen) atoms. The first-order chi connectivity index (χ1) is 13.8. The van der Waals surface area contributed by atoms with Crippen LogP contribution in [-0.2, 0) is 0 Å². The van der Waals surface area contributed by atoms with Gasteiger partial charge in [-0.1, -0.05) is 76.2 Å². The summed E-state index contributed by atoms with van der Waals surface area (Å²) in [4.78, 5) is 0. The molecule has 0 saturated carbocycles. The number of nitrogens with zero attached hydrogens (tertiary/aromatic N) is 2. The average molecular weight is 462 g/mol. The Bertz CT molecular complexity index is 1210. The molecule has 0 saturated heterocycles. The van der Waals surface area contributed by atoms with Crippen molar-refractivity contribution in [2.24, 2.45) is 0 Å². The predicted molar refractivity (Wildman–Crippen MR) is 124 cm³/mol. The number of hydrogen-bond donors (Lipinski definition) is 0. The minimum atomic E-state index is 0.490. The van der Waals surface area contributed by atoms with Crippen LogP contribution in [-0.4, -0.2) is 9.78 Å². The first-order valence-corrected chi connectivity index (χ1v) is 10.4. The zero-order chi connectivity index (χ0) is 20.7. The highest BCUT2D eigenvalue weighted by molar-refractivity contribution is 6.42. The van der Waals surface area contributed by atoms with E-state index in [1.54, 1.807) is 12.1 Å². The van der Waals surface area contributed by atoms with E-state index in [1.165, 1.54) is 5.56 Å². The van der Waals surface area contributed by atoms with E-state index >= 15 is 0 Å². The van der Waals surface area contributed by atoms with Gasteiger partial charge in [-0.3, -0.25) is 0 Å². The second-order valence-corrected chi connectivity index (χ2v) is 8.46. The lowest BCUT2D eigenvalue weighted by Crippen LogP contribution is -1.99. The average Bonchev–Trinajstić information content (AvgIpc) is 3.04. The van der Waals surface area contributed by atoms with Crippen LogP contribution in [0.5, 0.6) is 0 Å². The lowest BCUT2D eigenvalue weighted by Gasteiger charge is -2.10. The van der Waals surface area contributed by atoms with Gasteiger partial charge < -0.3 is 0 Å². The molecule has 6 heteroatoms. The summed E-state index contributed by atoms with van der Waals surface area (Å²) in [6, 6.07) is 19.3.